The van der Waals surface area contributed by atoms with Gasteiger partial charge in [0, 0.05) is 5.56 Å². The van der Waals surface area contributed by atoms with Crippen LogP contribution in [0.4, 0.5) is 10.2 Å². The summed E-state index contributed by atoms with van der Waals surface area (Å²) in [6, 6.07) is 5.99. The summed E-state index contributed by atoms with van der Waals surface area (Å²) >= 11 is 0. The summed E-state index contributed by atoms with van der Waals surface area (Å²) in [4.78, 5) is 0. The van der Waals surface area contributed by atoms with Crippen molar-refractivity contribution in [1.82, 2.24) is 10.2 Å². The van der Waals surface area contributed by atoms with E-state index < -0.39 is 0 Å². The fraction of sp³-hybridized carbons (Fsp3) is 0.100. The van der Waals surface area contributed by atoms with E-state index in [4.69, 9.17) is 10.8 Å². The van der Waals surface area contributed by atoms with Crippen molar-refractivity contribution < 1.29 is 9.50 Å². The number of halogens is 1. The molecule has 0 amide bonds. The minimum atomic E-state index is -0.350. The predicted octanol–water partition coefficient (Wildman–Crippen LogP) is 1.29. The fourth-order valence-electron chi connectivity index (χ4n) is 1.47. The third-order valence-electron chi connectivity index (χ3n) is 2.14. The first-order valence-electron chi connectivity index (χ1n) is 4.42. The molecular weight excluding hydrogens is 197 g/mol. The molecule has 1 heterocycles. The van der Waals surface area contributed by atoms with Crippen molar-refractivity contribution in [3.05, 3.63) is 35.8 Å². The van der Waals surface area contributed by atoms with Gasteiger partial charge in [0.15, 0.2) is 5.82 Å². The van der Waals surface area contributed by atoms with Crippen molar-refractivity contribution in [3.8, 4) is 11.1 Å². The maximum atomic E-state index is 13.0. The second-order valence-electron chi connectivity index (χ2n) is 3.13. The molecule has 0 bridgehead atoms. The number of aliphatic hydroxyl groups excluding tert-OH is 1. The van der Waals surface area contributed by atoms with Gasteiger partial charge < -0.3 is 10.8 Å². The van der Waals surface area contributed by atoms with E-state index in [2.05, 4.69) is 10.2 Å². The minimum Gasteiger partial charge on any atom is -0.390 e. The predicted molar refractivity (Wildman–Crippen MR) is 54.3 cm³/mol. The van der Waals surface area contributed by atoms with Crippen molar-refractivity contribution in [1.29, 1.82) is 0 Å². The highest BCUT2D eigenvalue weighted by Crippen LogP contribution is 2.28. The zero-order valence-corrected chi connectivity index (χ0v) is 7.87. The summed E-state index contributed by atoms with van der Waals surface area (Å²) in [7, 11) is 0. The van der Waals surface area contributed by atoms with E-state index in [1.165, 1.54) is 12.1 Å². The zero-order chi connectivity index (χ0) is 10.8. The van der Waals surface area contributed by atoms with E-state index in [0.717, 1.165) is 0 Å². The Bertz CT molecular complexity index is 481. The number of nitrogens with two attached hydrogens (primary N) is 1. The van der Waals surface area contributed by atoms with Crippen LogP contribution in [0.3, 0.4) is 0 Å². The molecule has 2 aromatic rings. The molecule has 1 aromatic heterocycles. The highest BCUT2D eigenvalue weighted by Gasteiger charge is 2.12. The van der Waals surface area contributed by atoms with Gasteiger partial charge in [0.1, 0.15) is 5.82 Å². The van der Waals surface area contributed by atoms with Gasteiger partial charge >= 0.3 is 0 Å². The van der Waals surface area contributed by atoms with Crippen LogP contribution in [0.2, 0.25) is 0 Å². The number of anilines is 1. The molecule has 0 spiro atoms. The summed E-state index contributed by atoms with van der Waals surface area (Å²) in [5.41, 5.74) is 7.26. The monoisotopic (exact) mass is 207 g/mol. The van der Waals surface area contributed by atoms with Crippen LogP contribution in [0.25, 0.3) is 11.1 Å². The quantitative estimate of drug-likeness (QED) is 0.694. The Morgan fingerprint density at radius 1 is 1.47 bits per heavy atom. The molecule has 4 N–H and O–H groups in total. The largest absolute Gasteiger partial charge is 0.390 e. The molecule has 0 radical (unpaired) electrons. The van der Waals surface area contributed by atoms with Gasteiger partial charge in [-0.1, -0.05) is 12.1 Å². The molecule has 0 saturated carbocycles. The van der Waals surface area contributed by atoms with Crippen LogP contribution in [-0.4, -0.2) is 15.3 Å². The molecule has 0 aliphatic carbocycles. The first-order chi connectivity index (χ1) is 7.22. The first-order valence-corrected chi connectivity index (χ1v) is 4.42. The molecule has 5 heteroatoms. The van der Waals surface area contributed by atoms with E-state index >= 15 is 0 Å². The normalized spacial score (nSPS) is 10.5. The second kappa shape index (κ2) is 3.70. The van der Waals surface area contributed by atoms with Gasteiger partial charge in [-0.3, -0.25) is 5.10 Å². The molecule has 0 atom stereocenters. The number of nitrogens with zero attached hydrogens (tertiary/aromatic N) is 1. The first kappa shape index (κ1) is 9.67. The van der Waals surface area contributed by atoms with Crippen molar-refractivity contribution in [3.63, 3.8) is 0 Å². The van der Waals surface area contributed by atoms with E-state index in [1.54, 1.807) is 12.1 Å². The Hall–Kier alpha value is -1.88. The molecule has 15 heavy (non-hydrogen) atoms. The lowest BCUT2D eigenvalue weighted by atomic mass is 10.1. The van der Waals surface area contributed by atoms with Crippen LogP contribution in [0.5, 0.6) is 0 Å². The number of aliphatic hydroxyl groups is 1. The number of benzene rings is 1. The van der Waals surface area contributed by atoms with Crippen molar-refractivity contribution in [2.45, 2.75) is 6.61 Å². The number of aromatic nitrogens is 2. The smallest absolute Gasteiger partial charge is 0.153 e. The summed E-state index contributed by atoms with van der Waals surface area (Å²) < 4.78 is 13.0. The van der Waals surface area contributed by atoms with Crippen LogP contribution >= 0.6 is 0 Å². The molecule has 1 aromatic carbocycles. The molecule has 2 rings (SSSR count). The maximum absolute atomic E-state index is 13.0. The van der Waals surface area contributed by atoms with Crippen molar-refractivity contribution in [2.75, 3.05) is 5.73 Å². The molecule has 0 unspecified atom stereocenters. The van der Waals surface area contributed by atoms with Gasteiger partial charge in [-0.25, -0.2) is 4.39 Å². The van der Waals surface area contributed by atoms with Crippen LogP contribution in [0, 0.1) is 5.82 Å². The van der Waals surface area contributed by atoms with E-state index in [1.807, 2.05) is 0 Å². The van der Waals surface area contributed by atoms with Gasteiger partial charge in [-0.05, 0) is 17.7 Å². The van der Waals surface area contributed by atoms with Gasteiger partial charge in [0.2, 0.25) is 0 Å². The van der Waals surface area contributed by atoms with E-state index in [0.29, 0.717) is 16.8 Å². The maximum Gasteiger partial charge on any atom is 0.153 e. The van der Waals surface area contributed by atoms with Crippen molar-refractivity contribution in [2.24, 2.45) is 0 Å². The average Bonchev–Trinajstić information content (AvgIpc) is 2.59. The number of nitrogen functional groups attached to an aromatic ring is 1. The molecule has 0 saturated heterocycles. The Labute approximate surface area is 85.6 Å². The number of hydrogen-bond donors (Lipinski definition) is 3. The highest BCUT2D eigenvalue weighted by atomic mass is 19.1. The lowest BCUT2D eigenvalue weighted by molar-refractivity contribution is 0.277. The molecule has 4 nitrogen and oxygen atoms in total. The number of H-pyrrole nitrogens is 1. The lowest BCUT2D eigenvalue weighted by Gasteiger charge is -2.01. The summed E-state index contributed by atoms with van der Waals surface area (Å²) in [5.74, 6) is -0.0957. The fourth-order valence-corrected chi connectivity index (χ4v) is 1.47. The number of nitrogens with one attached hydrogen (secondary N) is 1. The Morgan fingerprint density at radius 3 is 2.93 bits per heavy atom. The molecule has 0 fully saturated rings. The van der Waals surface area contributed by atoms with Crippen LogP contribution < -0.4 is 5.73 Å². The minimum absolute atomic E-state index is 0.212. The molecule has 0 aliphatic rings. The van der Waals surface area contributed by atoms with Gasteiger partial charge in [-0.15, -0.1) is 0 Å². The van der Waals surface area contributed by atoms with Crippen LogP contribution in [0.1, 0.15) is 5.69 Å². The SMILES string of the molecule is Nc1n[nH]c(CO)c1-c1cccc(F)c1. The van der Waals surface area contributed by atoms with Gasteiger partial charge in [0.25, 0.3) is 0 Å². The average molecular weight is 207 g/mol. The number of rotatable bonds is 2. The van der Waals surface area contributed by atoms with Crippen LogP contribution in [-0.2, 0) is 6.61 Å². The third kappa shape index (κ3) is 1.69. The Balaban J connectivity index is 2.57. The lowest BCUT2D eigenvalue weighted by Crippen LogP contribution is -1.91. The molecule has 0 aliphatic heterocycles. The van der Waals surface area contributed by atoms with E-state index in [-0.39, 0.29) is 18.2 Å². The summed E-state index contributed by atoms with van der Waals surface area (Å²) in [6.07, 6.45) is 0. The van der Waals surface area contributed by atoms with Crippen LogP contribution in [0.15, 0.2) is 24.3 Å². The topological polar surface area (TPSA) is 74.9 Å². The van der Waals surface area contributed by atoms with Crippen molar-refractivity contribution >= 4 is 5.82 Å². The number of aromatic amines is 1. The Kier molecular flexibility index (Phi) is 2.39. The van der Waals surface area contributed by atoms with Gasteiger partial charge in [-0.2, -0.15) is 5.10 Å². The van der Waals surface area contributed by atoms with Gasteiger partial charge in [0.05, 0.1) is 12.3 Å². The zero-order valence-electron chi connectivity index (χ0n) is 7.87. The second-order valence-corrected chi connectivity index (χ2v) is 3.13. The molecule has 78 valence electrons. The molecular formula is C10H10FN3O. The van der Waals surface area contributed by atoms with E-state index in [9.17, 15) is 4.39 Å². The standard InChI is InChI=1S/C10H10FN3O/c11-7-3-1-2-6(4-7)9-8(5-15)13-14-10(9)12/h1-4,15H,5H2,(H3,12,13,14). The highest BCUT2D eigenvalue weighted by molar-refractivity contribution is 5.76. The summed E-state index contributed by atoms with van der Waals surface area (Å²) in [5, 5.41) is 15.4. The summed E-state index contributed by atoms with van der Waals surface area (Å²) in [6.45, 7) is -0.212. The third-order valence-corrected chi connectivity index (χ3v) is 2.14. The Morgan fingerprint density at radius 2 is 2.27 bits per heavy atom. The number of hydrogen-bond acceptors (Lipinski definition) is 3.